The molecule has 0 unspecified atom stereocenters. The Labute approximate surface area is 199 Å². The lowest BCUT2D eigenvalue weighted by atomic mass is 9.68. The first-order chi connectivity index (χ1) is 16.5. The molecule has 1 saturated heterocycles. The summed E-state index contributed by atoms with van der Waals surface area (Å²) in [5.41, 5.74) is 4.07. The van der Waals surface area contributed by atoms with Gasteiger partial charge in [-0.3, -0.25) is 9.69 Å². The number of rotatable bonds is 7. The Morgan fingerprint density at radius 3 is 2.41 bits per heavy atom. The highest BCUT2D eigenvalue weighted by Crippen LogP contribution is 2.48. The van der Waals surface area contributed by atoms with Gasteiger partial charge >= 0.3 is 0 Å². The molecule has 2 aliphatic heterocycles. The Bertz CT molecular complexity index is 1180. The summed E-state index contributed by atoms with van der Waals surface area (Å²) in [6.07, 6.45) is 0. The molecule has 2 N–H and O–H groups in total. The van der Waals surface area contributed by atoms with Crippen LogP contribution in [0, 0.1) is 0 Å². The zero-order valence-corrected chi connectivity index (χ0v) is 19.8. The largest absolute Gasteiger partial charge is 0.497 e. The van der Waals surface area contributed by atoms with E-state index in [1.165, 1.54) is 18.2 Å². The van der Waals surface area contributed by atoms with Crippen molar-refractivity contribution in [3.05, 3.63) is 59.3 Å². The molecule has 2 aliphatic rings. The molecule has 1 amide bonds. The van der Waals surface area contributed by atoms with Gasteiger partial charge in [0, 0.05) is 61.4 Å². The first kappa shape index (κ1) is 22.7. The summed E-state index contributed by atoms with van der Waals surface area (Å²) in [6.45, 7) is 2.85. The predicted octanol–water partition coefficient (Wildman–Crippen LogP) is 2.46. The van der Waals surface area contributed by atoms with Crippen LogP contribution in [0.5, 0.6) is 11.5 Å². The highest BCUT2D eigenvalue weighted by atomic mass is 16.5. The van der Waals surface area contributed by atoms with E-state index in [4.69, 9.17) is 14.2 Å². The average Bonchev–Trinajstić information content (AvgIpc) is 3.22. The molecule has 1 atom stereocenters. The van der Waals surface area contributed by atoms with Gasteiger partial charge in [0.15, 0.2) is 0 Å². The van der Waals surface area contributed by atoms with E-state index in [1.54, 1.807) is 19.1 Å². The molecule has 8 nitrogen and oxygen atoms in total. The van der Waals surface area contributed by atoms with Gasteiger partial charge in [-0.05, 0) is 35.4 Å². The Hall–Kier alpha value is -3.07. The van der Waals surface area contributed by atoms with E-state index in [1.807, 2.05) is 24.3 Å². The van der Waals surface area contributed by atoms with Crippen molar-refractivity contribution in [2.24, 2.45) is 0 Å². The van der Waals surface area contributed by atoms with Crippen LogP contribution in [0.1, 0.15) is 22.9 Å². The number of fused-ring (bicyclic) bond motifs is 4. The summed E-state index contributed by atoms with van der Waals surface area (Å²) >= 11 is 0. The summed E-state index contributed by atoms with van der Waals surface area (Å²) in [5.74, 6) is 1.50. The van der Waals surface area contributed by atoms with Crippen molar-refractivity contribution >= 4 is 16.8 Å². The van der Waals surface area contributed by atoms with E-state index in [0.717, 1.165) is 47.7 Å². The quantitative estimate of drug-likeness (QED) is 0.558. The van der Waals surface area contributed by atoms with Crippen LogP contribution >= 0.6 is 0 Å². The fourth-order valence-corrected chi connectivity index (χ4v) is 5.64. The fraction of sp³-hybridized carbons (Fsp3) is 0.423. The van der Waals surface area contributed by atoms with Crippen LogP contribution in [0.4, 0.5) is 0 Å². The van der Waals surface area contributed by atoms with Crippen LogP contribution in [0.2, 0.25) is 0 Å². The van der Waals surface area contributed by atoms with Gasteiger partial charge in [0.2, 0.25) is 5.91 Å². The number of methoxy groups -OCH3 is 3. The van der Waals surface area contributed by atoms with Crippen molar-refractivity contribution in [2.75, 3.05) is 54.2 Å². The van der Waals surface area contributed by atoms with Gasteiger partial charge in [-0.2, -0.15) is 0 Å². The third-order valence-electron chi connectivity index (χ3n) is 7.13. The molecule has 8 heteroatoms. The SMILES string of the molecule is COCC(=O)N1CC2(CN(Cc3ccc(OC)cc3)C2)c2c([nH]c3cc(OC)ccc23)[C@@H]1CO. The summed E-state index contributed by atoms with van der Waals surface area (Å²) in [4.78, 5) is 20.7. The number of carbonyl (C=O) groups excluding carboxylic acids is 1. The van der Waals surface area contributed by atoms with Crippen LogP contribution < -0.4 is 9.47 Å². The number of hydrogen-bond acceptors (Lipinski definition) is 6. The molecule has 5 rings (SSSR count). The molecule has 0 saturated carbocycles. The van der Waals surface area contributed by atoms with Crippen molar-refractivity contribution in [3.63, 3.8) is 0 Å². The molecule has 1 aromatic heterocycles. The number of aliphatic hydroxyl groups excluding tert-OH is 1. The number of aromatic nitrogens is 1. The van der Waals surface area contributed by atoms with Gasteiger partial charge in [-0.1, -0.05) is 12.1 Å². The van der Waals surface area contributed by atoms with Crippen LogP contribution in [0.15, 0.2) is 42.5 Å². The lowest BCUT2D eigenvalue weighted by Gasteiger charge is -2.56. The normalized spacial score (nSPS) is 19.2. The number of hydrogen-bond donors (Lipinski definition) is 2. The number of benzene rings is 2. The molecular formula is C26H31N3O5. The molecule has 2 aromatic carbocycles. The maximum atomic E-state index is 13.0. The van der Waals surface area contributed by atoms with Crippen LogP contribution in [0.25, 0.3) is 10.9 Å². The third kappa shape index (κ3) is 3.72. The maximum absolute atomic E-state index is 13.0. The van der Waals surface area contributed by atoms with Crippen molar-refractivity contribution < 1.29 is 24.1 Å². The van der Waals surface area contributed by atoms with Gasteiger partial charge in [-0.25, -0.2) is 0 Å². The number of carbonyl (C=O) groups is 1. The van der Waals surface area contributed by atoms with Gasteiger partial charge < -0.3 is 29.2 Å². The first-order valence-electron chi connectivity index (χ1n) is 11.5. The number of aliphatic hydroxyl groups is 1. The lowest BCUT2D eigenvalue weighted by molar-refractivity contribution is -0.143. The second kappa shape index (κ2) is 8.94. The zero-order valence-electron chi connectivity index (χ0n) is 19.8. The third-order valence-corrected chi connectivity index (χ3v) is 7.13. The molecule has 180 valence electrons. The monoisotopic (exact) mass is 465 g/mol. The lowest BCUT2D eigenvalue weighted by Crippen LogP contribution is -2.66. The molecular weight excluding hydrogens is 434 g/mol. The van der Waals surface area contributed by atoms with Crippen molar-refractivity contribution in [3.8, 4) is 11.5 Å². The zero-order chi connectivity index (χ0) is 23.9. The average molecular weight is 466 g/mol. The van der Waals surface area contributed by atoms with Gasteiger partial charge in [0.1, 0.15) is 18.1 Å². The number of nitrogens with one attached hydrogen (secondary N) is 1. The Balaban J connectivity index is 1.50. The van der Waals surface area contributed by atoms with E-state index < -0.39 is 6.04 Å². The second-order valence-corrected chi connectivity index (χ2v) is 9.25. The van der Waals surface area contributed by atoms with Crippen molar-refractivity contribution in [1.82, 2.24) is 14.8 Å². The van der Waals surface area contributed by atoms with Gasteiger partial charge in [-0.15, -0.1) is 0 Å². The first-order valence-corrected chi connectivity index (χ1v) is 11.5. The number of H-pyrrole nitrogens is 1. The number of amides is 1. The minimum absolute atomic E-state index is 0.00841. The summed E-state index contributed by atoms with van der Waals surface area (Å²) in [7, 11) is 4.84. The van der Waals surface area contributed by atoms with Gasteiger partial charge in [0.05, 0.1) is 26.9 Å². The van der Waals surface area contributed by atoms with E-state index in [2.05, 4.69) is 28.1 Å². The number of aromatic amines is 1. The predicted molar refractivity (Wildman–Crippen MR) is 128 cm³/mol. The van der Waals surface area contributed by atoms with Gasteiger partial charge in [0.25, 0.3) is 0 Å². The Kier molecular flexibility index (Phi) is 5.97. The molecule has 3 aromatic rings. The molecule has 1 spiro atoms. The van der Waals surface area contributed by atoms with Crippen LogP contribution in [-0.4, -0.2) is 80.0 Å². The fourth-order valence-electron chi connectivity index (χ4n) is 5.64. The van der Waals surface area contributed by atoms with Crippen LogP contribution in [-0.2, 0) is 21.5 Å². The van der Waals surface area contributed by atoms with E-state index in [0.29, 0.717) is 6.54 Å². The smallest absolute Gasteiger partial charge is 0.249 e. The van der Waals surface area contributed by atoms with Crippen molar-refractivity contribution in [1.29, 1.82) is 0 Å². The standard InChI is InChI=1S/C26H31N3O5/c1-32-13-23(31)29-16-26(14-28(15-26)11-17-4-6-18(33-2)7-5-17)24-20-9-8-19(34-3)10-21(20)27-25(24)22(29)12-30/h4-10,22,27,30H,11-16H2,1-3H3/t22-/m0/s1. The van der Waals surface area contributed by atoms with E-state index in [-0.39, 0.29) is 24.5 Å². The number of nitrogens with zero attached hydrogens (tertiary/aromatic N) is 2. The summed E-state index contributed by atoms with van der Waals surface area (Å²) in [6, 6.07) is 13.7. The highest BCUT2D eigenvalue weighted by Gasteiger charge is 2.53. The molecule has 0 aliphatic carbocycles. The maximum Gasteiger partial charge on any atom is 0.249 e. The molecule has 34 heavy (non-hydrogen) atoms. The minimum Gasteiger partial charge on any atom is -0.497 e. The number of ether oxygens (including phenoxy) is 3. The van der Waals surface area contributed by atoms with E-state index >= 15 is 0 Å². The highest BCUT2D eigenvalue weighted by molar-refractivity contribution is 5.89. The topological polar surface area (TPSA) is 87.3 Å². The Morgan fingerprint density at radius 1 is 1.06 bits per heavy atom. The van der Waals surface area contributed by atoms with Crippen LogP contribution in [0.3, 0.4) is 0 Å². The van der Waals surface area contributed by atoms with Crippen molar-refractivity contribution in [2.45, 2.75) is 18.0 Å². The second-order valence-electron chi connectivity index (χ2n) is 9.25. The molecule has 0 radical (unpaired) electrons. The minimum atomic E-state index is -0.433. The summed E-state index contributed by atoms with van der Waals surface area (Å²) in [5, 5.41) is 11.4. The van der Waals surface area contributed by atoms with E-state index in [9.17, 15) is 9.90 Å². The number of likely N-dealkylation sites (tertiary alicyclic amines) is 1. The summed E-state index contributed by atoms with van der Waals surface area (Å²) < 4.78 is 15.8. The molecule has 3 heterocycles. The molecule has 1 fully saturated rings. The molecule has 0 bridgehead atoms. The Morgan fingerprint density at radius 2 is 1.76 bits per heavy atom.